The van der Waals surface area contributed by atoms with E-state index in [-0.39, 0.29) is 36.2 Å². The van der Waals surface area contributed by atoms with Crippen molar-refractivity contribution in [3.63, 3.8) is 0 Å². The van der Waals surface area contributed by atoms with Gasteiger partial charge in [0, 0.05) is 12.0 Å². The molecule has 1 N–H and O–H groups in total. The maximum absolute atomic E-state index is 12.9. The first-order valence-corrected chi connectivity index (χ1v) is 9.76. The number of fused-ring (bicyclic) bond motifs is 1. The van der Waals surface area contributed by atoms with E-state index in [0.29, 0.717) is 23.2 Å². The number of rotatable bonds is 7. The lowest BCUT2D eigenvalue weighted by molar-refractivity contribution is -0.118. The van der Waals surface area contributed by atoms with Crippen LogP contribution in [0, 0.1) is 18.3 Å². The van der Waals surface area contributed by atoms with Crippen LogP contribution in [-0.2, 0) is 17.8 Å². The van der Waals surface area contributed by atoms with Gasteiger partial charge >= 0.3 is 0 Å². The number of nitriles is 1. The fourth-order valence-corrected chi connectivity index (χ4v) is 3.20. The van der Waals surface area contributed by atoms with Gasteiger partial charge in [0.2, 0.25) is 11.9 Å². The summed E-state index contributed by atoms with van der Waals surface area (Å²) in [5, 5.41) is 12.1. The average molecular weight is 392 g/mol. The number of hydrogen-bond acceptors (Lipinski definition) is 5. The zero-order chi connectivity index (χ0) is 21.0. The lowest BCUT2D eigenvalue weighted by Crippen LogP contribution is -2.31. The van der Waals surface area contributed by atoms with Crippen molar-refractivity contribution in [3.05, 3.63) is 57.0 Å². The van der Waals surface area contributed by atoms with Gasteiger partial charge in [-0.3, -0.25) is 19.6 Å². The molecule has 0 aliphatic rings. The van der Waals surface area contributed by atoms with Crippen LogP contribution >= 0.6 is 0 Å². The van der Waals surface area contributed by atoms with Gasteiger partial charge in [-0.2, -0.15) is 14.8 Å². The van der Waals surface area contributed by atoms with Crippen LogP contribution in [0.15, 0.2) is 29.1 Å². The van der Waals surface area contributed by atoms with E-state index in [1.165, 1.54) is 9.42 Å². The maximum atomic E-state index is 12.9. The Labute approximate surface area is 168 Å². The van der Waals surface area contributed by atoms with Gasteiger partial charge in [0.25, 0.3) is 11.3 Å². The smallest absolute Gasteiger partial charge is 0.277 e. The van der Waals surface area contributed by atoms with Crippen molar-refractivity contribution >= 4 is 17.6 Å². The summed E-state index contributed by atoms with van der Waals surface area (Å²) < 4.78 is 1.30. The van der Waals surface area contributed by atoms with Gasteiger partial charge in [0.05, 0.1) is 23.9 Å². The molecule has 1 amide bonds. The predicted octanol–water partition coefficient (Wildman–Crippen LogP) is 2.88. The van der Waals surface area contributed by atoms with Gasteiger partial charge in [0.15, 0.2) is 0 Å². The minimum absolute atomic E-state index is 0.151. The standard InChI is InChI=1S/C21H24N6O2/c1-4-6-10-17-14(3)23-20-24-21(25-27(20)19(17)29)26(18(28)5-2)13-16-9-7-8-15(11-16)12-22/h7-9,11H,4-6,10,13H2,1-3H3,(H,23,24,25). The third-order valence-corrected chi connectivity index (χ3v) is 4.82. The van der Waals surface area contributed by atoms with E-state index in [2.05, 4.69) is 28.1 Å². The summed E-state index contributed by atoms with van der Waals surface area (Å²) in [6.07, 6.45) is 2.82. The van der Waals surface area contributed by atoms with Crippen molar-refractivity contribution < 1.29 is 4.79 Å². The van der Waals surface area contributed by atoms with E-state index < -0.39 is 0 Å². The van der Waals surface area contributed by atoms with Crippen molar-refractivity contribution in [2.24, 2.45) is 0 Å². The molecule has 0 saturated heterocycles. The molecule has 8 heteroatoms. The summed E-state index contributed by atoms with van der Waals surface area (Å²) in [5.41, 5.74) is 2.46. The van der Waals surface area contributed by atoms with Gasteiger partial charge < -0.3 is 0 Å². The number of carbonyl (C=O) groups is 1. The molecule has 0 atom stereocenters. The summed E-state index contributed by atoms with van der Waals surface area (Å²) in [5.74, 6) is 0.348. The Bertz CT molecular complexity index is 1140. The molecule has 0 aliphatic heterocycles. The fraction of sp³-hybridized carbons (Fsp3) is 0.381. The molecule has 0 fully saturated rings. The highest BCUT2D eigenvalue weighted by molar-refractivity contribution is 5.91. The molecule has 0 saturated carbocycles. The SMILES string of the molecule is CCCCc1c(C)nc2nc(N(Cc3cccc(C#N)c3)C(=O)CC)[nH]n2c1=O. The molecule has 8 nitrogen and oxygen atoms in total. The molecule has 0 unspecified atom stereocenters. The third-order valence-electron chi connectivity index (χ3n) is 4.82. The Morgan fingerprint density at radius 1 is 1.31 bits per heavy atom. The van der Waals surface area contributed by atoms with Crippen LogP contribution in [0.3, 0.4) is 0 Å². The molecule has 2 aromatic heterocycles. The second kappa shape index (κ2) is 8.69. The summed E-state index contributed by atoms with van der Waals surface area (Å²) >= 11 is 0. The van der Waals surface area contributed by atoms with E-state index in [0.717, 1.165) is 18.4 Å². The number of anilines is 1. The largest absolute Gasteiger partial charge is 0.277 e. The van der Waals surface area contributed by atoms with E-state index in [1.54, 1.807) is 25.1 Å². The van der Waals surface area contributed by atoms with Gasteiger partial charge in [0.1, 0.15) is 0 Å². The highest BCUT2D eigenvalue weighted by Crippen LogP contribution is 2.16. The molecule has 3 rings (SSSR count). The van der Waals surface area contributed by atoms with E-state index in [4.69, 9.17) is 5.26 Å². The highest BCUT2D eigenvalue weighted by Gasteiger charge is 2.21. The summed E-state index contributed by atoms with van der Waals surface area (Å²) in [6.45, 7) is 5.88. The first-order chi connectivity index (χ1) is 14.0. The van der Waals surface area contributed by atoms with Crippen LogP contribution < -0.4 is 10.5 Å². The van der Waals surface area contributed by atoms with E-state index in [9.17, 15) is 9.59 Å². The molecule has 1 aromatic carbocycles. The summed E-state index contributed by atoms with van der Waals surface area (Å²) in [6, 6.07) is 9.16. The minimum Gasteiger partial charge on any atom is -0.277 e. The first kappa shape index (κ1) is 20.3. The van der Waals surface area contributed by atoms with Crippen LogP contribution in [0.5, 0.6) is 0 Å². The van der Waals surface area contributed by atoms with Gasteiger partial charge in [-0.05, 0) is 37.5 Å². The Hall–Kier alpha value is -3.47. The zero-order valence-corrected chi connectivity index (χ0v) is 16.9. The van der Waals surface area contributed by atoms with Crippen LogP contribution in [0.25, 0.3) is 5.78 Å². The summed E-state index contributed by atoms with van der Waals surface area (Å²) in [4.78, 5) is 35.8. The molecule has 29 heavy (non-hydrogen) atoms. The second-order valence-electron chi connectivity index (χ2n) is 6.91. The number of aryl methyl sites for hydroxylation is 1. The van der Waals surface area contributed by atoms with E-state index >= 15 is 0 Å². The highest BCUT2D eigenvalue weighted by atomic mass is 16.2. The van der Waals surface area contributed by atoms with Crippen molar-refractivity contribution in [2.75, 3.05) is 4.90 Å². The minimum atomic E-state index is -0.185. The van der Waals surface area contributed by atoms with Crippen LogP contribution in [-0.4, -0.2) is 25.5 Å². The normalized spacial score (nSPS) is 10.8. The number of aromatic amines is 1. The number of H-pyrrole nitrogens is 1. The topological polar surface area (TPSA) is 107 Å². The number of benzene rings is 1. The number of aromatic nitrogens is 4. The number of hydrogen-bond donors (Lipinski definition) is 1. The zero-order valence-electron chi connectivity index (χ0n) is 16.9. The molecule has 3 aromatic rings. The monoisotopic (exact) mass is 392 g/mol. The Morgan fingerprint density at radius 3 is 2.79 bits per heavy atom. The van der Waals surface area contributed by atoms with Crippen LogP contribution in [0.1, 0.15) is 55.5 Å². The van der Waals surface area contributed by atoms with E-state index in [1.807, 2.05) is 13.0 Å². The van der Waals surface area contributed by atoms with Crippen LogP contribution in [0.2, 0.25) is 0 Å². The Balaban J connectivity index is 2.04. The fourth-order valence-electron chi connectivity index (χ4n) is 3.20. The quantitative estimate of drug-likeness (QED) is 0.665. The number of unbranched alkanes of at least 4 members (excludes halogenated alkanes) is 1. The Kier molecular flexibility index (Phi) is 6.07. The molecule has 0 radical (unpaired) electrons. The molecule has 0 bridgehead atoms. The molecule has 150 valence electrons. The van der Waals surface area contributed by atoms with Crippen molar-refractivity contribution in [3.8, 4) is 6.07 Å². The number of nitrogens with zero attached hydrogens (tertiary/aromatic N) is 5. The van der Waals surface area contributed by atoms with Crippen molar-refractivity contribution in [1.82, 2.24) is 19.6 Å². The van der Waals surface area contributed by atoms with Gasteiger partial charge in [-0.25, -0.2) is 4.98 Å². The average Bonchev–Trinajstić information content (AvgIpc) is 3.15. The first-order valence-electron chi connectivity index (χ1n) is 9.76. The lowest BCUT2D eigenvalue weighted by Gasteiger charge is -2.19. The molecular formula is C21H24N6O2. The number of amides is 1. The Morgan fingerprint density at radius 2 is 2.10 bits per heavy atom. The molecular weight excluding hydrogens is 368 g/mol. The van der Waals surface area contributed by atoms with Crippen molar-refractivity contribution in [1.29, 1.82) is 5.26 Å². The number of carbonyl (C=O) groups excluding carboxylic acids is 1. The maximum Gasteiger partial charge on any atom is 0.277 e. The number of nitrogens with one attached hydrogen (secondary N) is 1. The third kappa shape index (κ3) is 4.19. The van der Waals surface area contributed by atoms with Gasteiger partial charge in [-0.15, -0.1) is 0 Å². The summed E-state index contributed by atoms with van der Waals surface area (Å²) in [7, 11) is 0. The molecule has 0 spiro atoms. The molecule has 0 aliphatic carbocycles. The van der Waals surface area contributed by atoms with Crippen molar-refractivity contribution in [2.45, 2.75) is 53.0 Å². The molecule has 2 heterocycles. The predicted molar refractivity (Wildman–Crippen MR) is 110 cm³/mol. The second-order valence-corrected chi connectivity index (χ2v) is 6.91. The lowest BCUT2D eigenvalue weighted by atomic mass is 10.1. The van der Waals surface area contributed by atoms with Gasteiger partial charge in [-0.1, -0.05) is 32.4 Å². The van der Waals surface area contributed by atoms with Crippen LogP contribution in [0.4, 0.5) is 5.95 Å².